The van der Waals surface area contributed by atoms with Crippen LogP contribution < -0.4 is 5.32 Å². The summed E-state index contributed by atoms with van der Waals surface area (Å²) in [7, 11) is 2.17. The zero-order valence-corrected chi connectivity index (χ0v) is 12.9. The standard InChI is InChI=1S/C19H29N/c1-20-19(16-9-3-2-4-10-16)14-17-12-7-11-15-8-5-6-13-18(15)17/h5-6,8,13,16-17,19-20H,2-4,7,9-12,14H2,1H3. The fraction of sp³-hybridized carbons (Fsp3) is 0.684. The van der Waals surface area contributed by atoms with Crippen molar-refractivity contribution < 1.29 is 0 Å². The first kappa shape index (κ1) is 14.1. The summed E-state index contributed by atoms with van der Waals surface area (Å²) in [4.78, 5) is 0. The van der Waals surface area contributed by atoms with Gasteiger partial charge in [-0.25, -0.2) is 0 Å². The minimum atomic E-state index is 0.728. The molecule has 0 radical (unpaired) electrons. The largest absolute Gasteiger partial charge is 0.317 e. The van der Waals surface area contributed by atoms with Gasteiger partial charge in [0.1, 0.15) is 0 Å². The van der Waals surface area contributed by atoms with Crippen LogP contribution in [0.1, 0.15) is 68.4 Å². The molecule has 1 aromatic rings. The Morgan fingerprint density at radius 3 is 2.65 bits per heavy atom. The van der Waals surface area contributed by atoms with Crippen molar-refractivity contribution in [2.24, 2.45) is 5.92 Å². The van der Waals surface area contributed by atoms with E-state index in [2.05, 4.69) is 36.6 Å². The average molecular weight is 271 g/mol. The molecule has 1 nitrogen and oxygen atoms in total. The van der Waals surface area contributed by atoms with Gasteiger partial charge in [-0.3, -0.25) is 0 Å². The van der Waals surface area contributed by atoms with Gasteiger partial charge in [0, 0.05) is 6.04 Å². The van der Waals surface area contributed by atoms with Crippen LogP contribution in [0.2, 0.25) is 0 Å². The number of fused-ring (bicyclic) bond motifs is 1. The fourth-order valence-corrected chi connectivity index (χ4v) is 4.49. The molecule has 1 heteroatoms. The lowest BCUT2D eigenvalue weighted by Gasteiger charge is -2.34. The van der Waals surface area contributed by atoms with Crippen molar-refractivity contribution in [2.75, 3.05) is 7.05 Å². The molecule has 2 unspecified atom stereocenters. The molecule has 0 spiro atoms. The highest BCUT2D eigenvalue weighted by Crippen LogP contribution is 2.37. The molecule has 1 N–H and O–H groups in total. The predicted octanol–water partition coefficient (Wildman–Crippen LogP) is 4.66. The van der Waals surface area contributed by atoms with Crippen LogP contribution >= 0.6 is 0 Å². The highest BCUT2D eigenvalue weighted by atomic mass is 14.9. The topological polar surface area (TPSA) is 12.0 Å². The number of rotatable bonds is 4. The van der Waals surface area contributed by atoms with Gasteiger partial charge in [-0.2, -0.15) is 0 Å². The van der Waals surface area contributed by atoms with Gasteiger partial charge in [-0.1, -0.05) is 43.5 Å². The summed E-state index contributed by atoms with van der Waals surface area (Å²) in [6, 6.07) is 9.89. The monoisotopic (exact) mass is 271 g/mol. The number of benzene rings is 1. The van der Waals surface area contributed by atoms with Crippen LogP contribution in [-0.4, -0.2) is 13.1 Å². The maximum Gasteiger partial charge on any atom is 0.00981 e. The molecule has 0 heterocycles. The first-order chi connectivity index (χ1) is 9.88. The summed E-state index contributed by atoms with van der Waals surface area (Å²) in [5, 5.41) is 3.65. The number of nitrogens with one attached hydrogen (secondary N) is 1. The van der Waals surface area contributed by atoms with Crippen molar-refractivity contribution in [3.05, 3.63) is 35.4 Å². The first-order valence-electron chi connectivity index (χ1n) is 8.63. The minimum Gasteiger partial charge on any atom is -0.317 e. The highest BCUT2D eigenvalue weighted by Gasteiger charge is 2.27. The van der Waals surface area contributed by atoms with Crippen LogP contribution in [-0.2, 0) is 6.42 Å². The first-order valence-corrected chi connectivity index (χ1v) is 8.63. The summed E-state index contributed by atoms with van der Waals surface area (Å²) < 4.78 is 0. The molecule has 0 bridgehead atoms. The van der Waals surface area contributed by atoms with E-state index in [0.29, 0.717) is 0 Å². The van der Waals surface area contributed by atoms with Crippen molar-refractivity contribution in [3.8, 4) is 0 Å². The normalized spacial score (nSPS) is 25.1. The quantitative estimate of drug-likeness (QED) is 0.839. The summed E-state index contributed by atoms with van der Waals surface area (Å²) in [5.41, 5.74) is 3.26. The maximum absolute atomic E-state index is 3.65. The predicted molar refractivity (Wildman–Crippen MR) is 86.2 cm³/mol. The Bertz CT molecular complexity index is 420. The van der Waals surface area contributed by atoms with Gasteiger partial charge < -0.3 is 5.32 Å². The molecular formula is C19H29N. The van der Waals surface area contributed by atoms with Crippen LogP contribution in [0.15, 0.2) is 24.3 Å². The third kappa shape index (κ3) is 3.09. The van der Waals surface area contributed by atoms with E-state index < -0.39 is 0 Å². The smallest absolute Gasteiger partial charge is 0.00981 e. The van der Waals surface area contributed by atoms with Crippen LogP contribution in [0.4, 0.5) is 0 Å². The Morgan fingerprint density at radius 1 is 1.05 bits per heavy atom. The Labute approximate surface area is 124 Å². The SMILES string of the molecule is CNC(CC1CCCc2ccccc21)C1CCCCC1. The van der Waals surface area contributed by atoms with E-state index in [9.17, 15) is 0 Å². The van der Waals surface area contributed by atoms with Crippen LogP contribution in [0, 0.1) is 5.92 Å². The second kappa shape index (κ2) is 6.76. The Hall–Kier alpha value is -0.820. The lowest BCUT2D eigenvalue weighted by Crippen LogP contribution is -2.36. The van der Waals surface area contributed by atoms with E-state index in [1.54, 1.807) is 11.1 Å². The van der Waals surface area contributed by atoms with Crippen molar-refractivity contribution in [1.29, 1.82) is 0 Å². The second-order valence-electron chi connectivity index (χ2n) is 6.82. The molecule has 3 rings (SSSR count). The molecule has 0 aromatic heterocycles. The molecule has 1 aromatic carbocycles. The van der Waals surface area contributed by atoms with E-state index >= 15 is 0 Å². The molecule has 110 valence electrons. The van der Waals surface area contributed by atoms with E-state index in [0.717, 1.165) is 17.9 Å². The van der Waals surface area contributed by atoms with Gasteiger partial charge in [0.15, 0.2) is 0 Å². The third-order valence-corrected chi connectivity index (χ3v) is 5.62. The molecule has 2 aliphatic carbocycles. The minimum absolute atomic E-state index is 0.728. The van der Waals surface area contributed by atoms with Gasteiger partial charge in [-0.05, 0) is 68.5 Å². The summed E-state index contributed by atoms with van der Waals surface area (Å²) in [5.74, 6) is 1.71. The van der Waals surface area contributed by atoms with Gasteiger partial charge in [-0.15, -0.1) is 0 Å². The molecule has 2 atom stereocenters. The Balaban J connectivity index is 1.70. The summed E-state index contributed by atoms with van der Waals surface area (Å²) >= 11 is 0. The van der Waals surface area contributed by atoms with Gasteiger partial charge >= 0.3 is 0 Å². The molecule has 0 amide bonds. The van der Waals surface area contributed by atoms with E-state index in [4.69, 9.17) is 0 Å². The molecule has 2 aliphatic rings. The Kier molecular flexibility index (Phi) is 4.77. The molecular weight excluding hydrogens is 242 g/mol. The number of aryl methyl sites for hydroxylation is 1. The zero-order chi connectivity index (χ0) is 13.8. The highest BCUT2D eigenvalue weighted by molar-refractivity contribution is 5.32. The molecule has 20 heavy (non-hydrogen) atoms. The number of hydrogen-bond donors (Lipinski definition) is 1. The molecule has 1 saturated carbocycles. The Morgan fingerprint density at radius 2 is 1.85 bits per heavy atom. The fourth-order valence-electron chi connectivity index (χ4n) is 4.49. The van der Waals surface area contributed by atoms with Gasteiger partial charge in [0.05, 0.1) is 0 Å². The molecule has 1 fully saturated rings. The maximum atomic E-state index is 3.65. The molecule has 0 saturated heterocycles. The lowest BCUT2D eigenvalue weighted by molar-refractivity contribution is 0.253. The van der Waals surface area contributed by atoms with E-state index in [1.165, 1.54) is 57.8 Å². The van der Waals surface area contributed by atoms with Crippen molar-refractivity contribution >= 4 is 0 Å². The summed E-state index contributed by atoms with van der Waals surface area (Å²) in [6.07, 6.45) is 12.6. The zero-order valence-electron chi connectivity index (χ0n) is 12.9. The number of hydrogen-bond acceptors (Lipinski definition) is 1. The van der Waals surface area contributed by atoms with Gasteiger partial charge in [0.25, 0.3) is 0 Å². The third-order valence-electron chi connectivity index (χ3n) is 5.62. The van der Waals surface area contributed by atoms with Crippen LogP contribution in [0.3, 0.4) is 0 Å². The summed E-state index contributed by atoms with van der Waals surface area (Å²) in [6.45, 7) is 0. The van der Waals surface area contributed by atoms with Crippen molar-refractivity contribution in [2.45, 2.75) is 69.7 Å². The second-order valence-corrected chi connectivity index (χ2v) is 6.82. The lowest BCUT2D eigenvalue weighted by atomic mass is 9.75. The van der Waals surface area contributed by atoms with E-state index in [1.807, 2.05) is 0 Å². The average Bonchev–Trinajstić information content (AvgIpc) is 2.53. The van der Waals surface area contributed by atoms with Crippen LogP contribution in [0.5, 0.6) is 0 Å². The van der Waals surface area contributed by atoms with Crippen LogP contribution in [0.25, 0.3) is 0 Å². The van der Waals surface area contributed by atoms with E-state index in [-0.39, 0.29) is 0 Å². The van der Waals surface area contributed by atoms with Crippen molar-refractivity contribution in [3.63, 3.8) is 0 Å². The molecule has 0 aliphatic heterocycles. The van der Waals surface area contributed by atoms with Gasteiger partial charge in [0.2, 0.25) is 0 Å². The van der Waals surface area contributed by atoms with Crippen molar-refractivity contribution in [1.82, 2.24) is 5.32 Å².